The summed E-state index contributed by atoms with van der Waals surface area (Å²) in [5.41, 5.74) is 2.88. The number of sulfone groups is 1. The third kappa shape index (κ3) is 3.52. The van der Waals surface area contributed by atoms with Crippen molar-refractivity contribution in [2.24, 2.45) is 0 Å². The zero-order valence-electron chi connectivity index (χ0n) is 12.0. The highest BCUT2D eigenvalue weighted by molar-refractivity contribution is 9.09. The van der Waals surface area contributed by atoms with Gasteiger partial charge in [0, 0.05) is 6.26 Å². The van der Waals surface area contributed by atoms with Gasteiger partial charge in [-0.1, -0.05) is 40.2 Å². The molecule has 1 unspecified atom stereocenters. The first-order valence-corrected chi connectivity index (χ1v) is 9.21. The van der Waals surface area contributed by atoms with Crippen LogP contribution in [-0.2, 0) is 9.84 Å². The maximum Gasteiger partial charge on any atom is 0.175 e. The van der Waals surface area contributed by atoms with Crippen molar-refractivity contribution in [2.75, 3.05) is 6.26 Å². The Bertz CT molecular complexity index is 762. The van der Waals surface area contributed by atoms with Crippen LogP contribution in [0.2, 0.25) is 0 Å². The average molecular weight is 371 g/mol. The van der Waals surface area contributed by atoms with Gasteiger partial charge in [-0.2, -0.15) is 0 Å². The molecule has 0 aromatic heterocycles. The molecule has 0 amide bonds. The smallest absolute Gasteiger partial charge is 0.175 e. The van der Waals surface area contributed by atoms with Crippen LogP contribution in [0, 0.1) is 19.7 Å². The third-order valence-electron chi connectivity index (χ3n) is 3.33. The van der Waals surface area contributed by atoms with Crippen LogP contribution in [0.5, 0.6) is 0 Å². The summed E-state index contributed by atoms with van der Waals surface area (Å²) in [4.78, 5) is 0.0946. The van der Waals surface area contributed by atoms with Gasteiger partial charge in [-0.15, -0.1) is 0 Å². The first kappa shape index (κ1) is 16.2. The zero-order valence-corrected chi connectivity index (χ0v) is 14.4. The van der Waals surface area contributed by atoms with Crippen molar-refractivity contribution in [3.8, 4) is 0 Å². The molecule has 5 heteroatoms. The van der Waals surface area contributed by atoms with E-state index in [2.05, 4.69) is 15.9 Å². The maximum atomic E-state index is 13.7. The van der Waals surface area contributed by atoms with E-state index in [1.807, 2.05) is 6.07 Å². The molecule has 0 aliphatic heterocycles. The summed E-state index contributed by atoms with van der Waals surface area (Å²) in [7, 11) is -3.24. The van der Waals surface area contributed by atoms with Crippen molar-refractivity contribution >= 4 is 25.8 Å². The van der Waals surface area contributed by atoms with Crippen LogP contribution in [-0.4, -0.2) is 14.7 Å². The largest absolute Gasteiger partial charge is 0.224 e. The van der Waals surface area contributed by atoms with Crippen LogP contribution in [0.1, 0.15) is 27.1 Å². The number of hydrogen-bond donors (Lipinski definition) is 0. The molecule has 0 bridgehead atoms. The maximum absolute atomic E-state index is 13.7. The average Bonchev–Trinajstić information content (AvgIpc) is 2.42. The van der Waals surface area contributed by atoms with Crippen LogP contribution in [0.25, 0.3) is 0 Å². The molecule has 1 atom stereocenters. The van der Waals surface area contributed by atoms with E-state index in [1.165, 1.54) is 6.26 Å². The second kappa shape index (κ2) is 5.89. The fraction of sp³-hybridized carbons (Fsp3) is 0.250. The Morgan fingerprint density at radius 1 is 1.05 bits per heavy atom. The van der Waals surface area contributed by atoms with Gasteiger partial charge < -0.3 is 0 Å². The normalized spacial score (nSPS) is 13.2. The molecule has 21 heavy (non-hydrogen) atoms. The molecule has 0 fully saturated rings. The second-order valence-electron chi connectivity index (χ2n) is 5.18. The Morgan fingerprint density at radius 2 is 1.62 bits per heavy atom. The Labute approximate surface area is 133 Å². The molecule has 0 spiro atoms. The summed E-state index contributed by atoms with van der Waals surface area (Å²) in [5, 5.41) is 0. The molecule has 112 valence electrons. The highest BCUT2D eigenvalue weighted by Crippen LogP contribution is 2.33. The lowest BCUT2D eigenvalue weighted by molar-refractivity contribution is 0.601. The molecular formula is C16H16BrFO2S. The van der Waals surface area contributed by atoms with Crippen LogP contribution >= 0.6 is 15.9 Å². The molecule has 0 saturated carbocycles. The van der Waals surface area contributed by atoms with Crippen molar-refractivity contribution in [3.63, 3.8) is 0 Å². The highest BCUT2D eigenvalue weighted by Gasteiger charge is 2.16. The second-order valence-corrected chi connectivity index (χ2v) is 8.11. The SMILES string of the molecule is Cc1cc(C(Br)c2cccc(S(C)(=O)=O)c2)cc(C)c1F. The van der Waals surface area contributed by atoms with E-state index in [-0.39, 0.29) is 15.5 Å². The first-order chi connectivity index (χ1) is 9.70. The predicted molar refractivity (Wildman–Crippen MR) is 86.2 cm³/mol. The van der Waals surface area contributed by atoms with Crippen molar-refractivity contribution in [3.05, 3.63) is 64.5 Å². The number of alkyl halides is 1. The number of hydrogen-bond acceptors (Lipinski definition) is 2. The van der Waals surface area contributed by atoms with Gasteiger partial charge >= 0.3 is 0 Å². The van der Waals surface area contributed by atoms with Gasteiger partial charge in [0.2, 0.25) is 0 Å². The lowest BCUT2D eigenvalue weighted by Gasteiger charge is -2.14. The van der Waals surface area contributed by atoms with Crippen LogP contribution in [0.3, 0.4) is 0 Å². The molecule has 2 rings (SSSR count). The minimum absolute atomic E-state index is 0.183. The molecule has 0 heterocycles. The third-order valence-corrected chi connectivity index (χ3v) is 5.50. The lowest BCUT2D eigenvalue weighted by Crippen LogP contribution is -2.01. The monoisotopic (exact) mass is 370 g/mol. The van der Waals surface area contributed by atoms with Crippen molar-refractivity contribution in [1.29, 1.82) is 0 Å². The van der Waals surface area contributed by atoms with Gasteiger partial charge in [0.15, 0.2) is 9.84 Å². The summed E-state index contributed by atoms with van der Waals surface area (Å²) in [5.74, 6) is -0.205. The fourth-order valence-corrected chi connectivity index (χ4v) is 3.45. The van der Waals surface area contributed by atoms with E-state index in [9.17, 15) is 12.8 Å². The molecular weight excluding hydrogens is 355 g/mol. The number of benzene rings is 2. The molecule has 2 aromatic rings. The lowest BCUT2D eigenvalue weighted by atomic mass is 10.00. The van der Waals surface area contributed by atoms with E-state index < -0.39 is 9.84 Å². The van der Waals surface area contributed by atoms with E-state index >= 15 is 0 Å². The van der Waals surface area contributed by atoms with Crippen molar-refractivity contribution < 1.29 is 12.8 Å². The molecule has 2 nitrogen and oxygen atoms in total. The minimum Gasteiger partial charge on any atom is -0.224 e. The number of aryl methyl sites for hydroxylation is 2. The molecule has 0 radical (unpaired) electrons. The van der Waals surface area contributed by atoms with Crippen molar-refractivity contribution in [2.45, 2.75) is 23.6 Å². The van der Waals surface area contributed by atoms with E-state index in [4.69, 9.17) is 0 Å². The fourth-order valence-electron chi connectivity index (χ4n) is 2.22. The van der Waals surface area contributed by atoms with E-state index in [0.29, 0.717) is 11.1 Å². The Morgan fingerprint density at radius 3 is 2.14 bits per heavy atom. The zero-order chi connectivity index (χ0) is 15.8. The van der Waals surface area contributed by atoms with Gasteiger partial charge in [0.1, 0.15) is 5.82 Å². The predicted octanol–water partition coefficient (Wildman–Crippen LogP) is 4.33. The quantitative estimate of drug-likeness (QED) is 0.753. The summed E-state index contributed by atoms with van der Waals surface area (Å²) in [6, 6.07) is 10.3. The topological polar surface area (TPSA) is 34.1 Å². The number of rotatable bonds is 3. The molecule has 0 saturated heterocycles. The molecule has 0 aliphatic carbocycles. The summed E-state index contributed by atoms with van der Waals surface area (Å²) in [6.45, 7) is 3.44. The van der Waals surface area contributed by atoms with Gasteiger partial charge in [0.25, 0.3) is 0 Å². The number of halogens is 2. The van der Waals surface area contributed by atoms with E-state index in [0.717, 1.165) is 11.1 Å². The van der Waals surface area contributed by atoms with Gasteiger partial charge in [-0.25, -0.2) is 12.8 Å². The standard InChI is InChI=1S/C16H16BrFO2S/c1-10-7-13(8-11(2)16(10)18)15(17)12-5-4-6-14(9-12)21(3,19)20/h4-9,15H,1-3H3. The first-order valence-electron chi connectivity index (χ1n) is 6.41. The summed E-state index contributed by atoms with van der Waals surface area (Å²) in [6.07, 6.45) is 1.18. The van der Waals surface area contributed by atoms with Gasteiger partial charge in [-0.3, -0.25) is 0 Å². The van der Waals surface area contributed by atoms with Gasteiger partial charge in [0.05, 0.1) is 9.72 Å². The van der Waals surface area contributed by atoms with Crippen LogP contribution < -0.4 is 0 Å². The van der Waals surface area contributed by atoms with Gasteiger partial charge in [-0.05, 0) is 48.2 Å². The van der Waals surface area contributed by atoms with Crippen LogP contribution in [0.4, 0.5) is 4.39 Å². The molecule has 0 aliphatic rings. The summed E-state index contributed by atoms with van der Waals surface area (Å²) < 4.78 is 37.0. The van der Waals surface area contributed by atoms with Crippen molar-refractivity contribution in [1.82, 2.24) is 0 Å². The van der Waals surface area contributed by atoms with Crippen LogP contribution in [0.15, 0.2) is 41.3 Å². The molecule has 0 N–H and O–H groups in total. The highest BCUT2D eigenvalue weighted by atomic mass is 79.9. The minimum atomic E-state index is -3.24. The molecule has 2 aromatic carbocycles. The Balaban J connectivity index is 2.48. The Hall–Kier alpha value is -1.20. The van der Waals surface area contributed by atoms with E-state index in [1.54, 1.807) is 44.2 Å². The Kier molecular flexibility index (Phi) is 4.54. The summed E-state index contributed by atoms with van der Waals surface area (Å²) >= 11 is 3.57.